The Hall–Kier alpha value is -0.980. The highest BCUT2D eigenvalue weighted by Gasteiger charge is 2.25. The van der Waals surface area contributed by atoms with Gasteiger partial charge in [-0.15, -0.1) is 22.7 Å². The lowest BCUT2D eigenvalue weighted by atomic mass is 10.1. The predicted molar refractivity (Wildman–Crippen MR) is 84.8 cm³/mol. The Morgan fingerprint density at radius 3 is 2.85 bits per heavy atom. The number of rotatable bonds is 4. The maximum absolute atomic E-state index is 5.77. The van der Waals surface area contributed by atoms with Crippen molar-refractivity contribution in [2.75, 3.05) is 19.0 Å². The van der Waals surface area contributed by atoms with E-state index in [-0.39, 0.29) is 6.10 Å². The standard InChI is InChI=1S/C14H19N3OS2/c1-8(2)11-12(9-7-19-14(15-3)16-9)20-13(17-11)10-5-4-6-18-10/h7-8,10H,4-6H2,1-3H3,(H,15,16). The molecule has 0 radical (unpaired) electrons. The quantitative estimate of drug-likeness (QED) is 0.915. The van der Waals surface area contributed by atoms with Gasteiger partial charge in [0.15, 0.2) is 5.13 Å². The minimum atomic E-state index is 0.189. The molecule has 6 heteroatoms. The van der Waals surface area contributed by atoms with Gasteiger partial charge in [-0.1, -0.05) is 13.8 Å². The van der Waals surface area contributed by atoms with Crippen LogP contribution in [0.5, 0.6) is 0 Å². The van der Waals surface area contributed by atoms with Gasteiger partial charge in [0, 0.05) is 19.0 Å². The normalized spacial score (nSPS) is 18.9. The Morgan fingerprint density at radius 1 is 1.40 bits per heavy atom. The summed E-state index contributed by atoms with van der Waals surface area (Å²) in [6, 6.07) is 0. The molecular formula is C14H19N3OS2. The topological polar surface area (TPSA) is 47.0 Å². The fourth-order valence-corrected chi connectivity index (χ4v) is 4.33. The summed E-state index contributed by atoms with van der Waals surface area (Å²) in [5.41, 5.74) is 2.18. The Balaban J connectivity index is 1.99. The fraction of sp³-hybridized carbons (Fsp3) is 0.571. The minimum absolute atomic E-state index is 0.189. The molecule has 0 bridgehead atoms. The van der Waals surface area contributed by atoms with Crippen molar-refractivity contribution in [3.8, 4) is 10.6 Å². The van der Waals surface area contributed by atoms with E-state index in [0.717, 1.165) is 41.0 Å². The summed E-state index contributed by atoms with van der Waals surface area (Å²) in [5, 5.41) is 7.25. The van der Waals surface area contributed by atoms with Crippen molar-refractivity contribution in [3.05, 3.63) is 16.1 Å². The number of nitrogens with zero attached hydrogens (tertiary/aromatic N) is 2. The third kappa shape index (κ3) is 2.60. The lowest BCUT2D eigenvalue weighted by Crippen LogP contribution is -1.96. The first kappa shape index (κ1) is 14.0. The second kappa shape index (κ2) is 5.79. The number of anilines is 1. The zero-order valence-electron chi connectivity index (χ0n) is 12.0. The molecular weight excluding hydrogens is 290 g/mol. The molecule has 4 nitrogen and oxygen atoms in total. The summed E-state index contributed by atoms with van der Waals surface area (Å²) >= 11 is 3.37. The van der Waals surface area contributed by atoms with Gasteiger partial charge >= 0.3 is 0 Å². The van der Waals surface area contributed by atoms with Crippen LogP contribution in [0, 0.1) is 0 Å². The van der Waals surface area contributed by atoms with E-state index in [1.807, 2.05) is 7.05 Å². The number of nitrogens with one attached hydrogen (secondary N) is 1. The molecule has 0 aliphatic carbocycles. The van der Waals surface area contributed by atoms with Gasteiger partial charge < -0.3 is 10.1 Å². The van der Waals surface area contributed by atoms with Crippen molar-refractivity contribution in [1.82, 2.24) is 9.97 Å². The molecule has 1 aliphatic heterocycles. The molecule has 1 atom stereocenters. The van der Waals surface area contributed by atoms with Crippen LogP contribution in [-0.2, 0) is 4.74 Å². The summed E-state index contributed by atoms with van der Waals surface area (Å²) in [6.45, 7) is 5.23. The summed E-state index contributed by atoms with van der Waals surface area (Å²) in [5.74, 6) is 0.399. The van der Waals surface area contributed by atoms with Gasteiger partial charge in [0.25, 0.3) is 0 Å². The number of hydrogen-bond donors (Lipinski definition) is 1. The zero-order chi connectivity index (χ0) is 14.1. The highest BCUT2D eigenvalue weighted by atomic mass is 32.1. The summed E-state index contributed by atoms with van der Waals surface area (Å²) in [6.07, 6.45) is 2.41. The van der Waals surface area contributed by atoms with Crippen molar-refractivity contribution in [1.29, 1.82) is 0 Å². The number of ether oxygens (including phenoxy) is 1. The number of aromatic nitrogens is 2. The lowest BCUT2D eigenvalue weighted by Gasteiger charge is -2.04. The van der Waals surface area contributed by atoms with E-state index in [1.165, 1.54) is 4.88 Å². The summed E-state index contributed by atoms with van der Waals surface area (Å²) < 4.78 is 5.77. The highest BCUT2D eigenvalue weighted by molar-refractivity contribution is 7.17. The van der Waals surface area contributed by atoms with Crippen LogP contribution in [0.15, 0.2) is 5.38 Å². The third-order valence-corrected chi connectivity index (χ3v) is 5.42. The molecule has 1 unspecified atom stereocenters. The van der Waals surface area contributed by atoms with Crippen molar-refractivity contribution in [2.45, 2.75) is 38.7 Å². The van der Waals surface area contributed by atoms with Crippen LogP contribution >= 0.6 is 22.7 Å². The van der Waals surface area contributed by atoms with Gasteiger partial charge in [-0.25, -0.2) is 9.97 Å². The molecule has 108 valence electrons. The Bertz CT molecular complexity index is 585. The van der Waals surface area contributed by atoms with E-state index in [1.54, 1.807) is 22.7 Å². The second-order valence-corrected chi connectivity index (χ2v) is 7.10. The highest BCUT2D eigenvalue weighted by Crippen LogP contribution is 2.40. The van der Waals surface area contributed by atoms with Crippen molar-refractivity contribution >= 4 is 27.8 Å². The van der Waals surface area contributed by atoms with Gasteiger partial charge in [0.05, 0.1) is 16.3 Å². The van der Waals surface area contributed by atoms with Crippen LogP contribution < -0.4 is 5.32 Å². The molecule has 1 fully saturated rings. The maximum atomic E-state index is 5.77. The molecule has 1 saturated heterocycles. The van der Waals surface area contributed by atoms with Gasteiger partial charge in [-0.05, 0) is 18.8 Å². The van der Waals surface area contributed by atoms with Crippen LogP contribution in [0.3, 0.4) is 0 Å². The van der Waals surface area contributed by atoms with Crippen LogP contribution in [-0.4, -0.2) is 23.6 Å². The molecule has 1 aliphatic rings. The average Bonchev–Trinajstić information content (AvgIpc) is 3.17. The third-order valence-electron chi connectivity index (χ3n) is 3.37. The molecule has 3 rings (SSSR count). The van der Waals surface area contributed by atoms with Gasteiger partial charge in [-0.3, -0.25) is 0 Å². The van der Waals surface area contributed by atoms with E-state index in [0.29, 0.717) is 5.92 Å². The molecule has 1 N–H and O–H groups in total. The molecule has 3 heterocycles. The first-order valence-electron chi connectivity index (χ1n) is 6.95. The van der Waals surface area contributed by atoms with Crippen LogP contribution in [0.4, 0.5) is 5.13 Å². The first-order chi connectivity index (χ1) is 9.69. The monoisotopic (exact) mass is 309 g/mol. The SMILES string of the molecule is CNc1nc(-c2sc(C3CCCO3)nc2C(C)C)cs1. The molecule has 20 heavy (non-hydrogen) atoms. The van der Waals surface area contributed by atoms with Crippen LogP contribution in [0.25, 0.3) is 10.6 Å². The van der Waals surface area contributed by atoms with Crippen LogP contribution in [0.1, 0.15) is 49.4 Å². The molecule has 2 aromatic rings. The minimum Gasteiger partial charge on any atom is -0.371 e. The van der Waals surface area contributed by atoms with Crippen molar-refractivity contribution in [2.24, 2.45) is 0 Å². The molecule has 0 saturated carbocycles. The largest absolute Gasteiger partial charge is 0.371 e. The summed E-state index contributed by atoms with van der Waals surface area (Å²) in [4.78, 5) is 10.7. The number of thiazole rings is 2. The van der Waals surface area contributed by atoms with Gasteiger partial charge in [0.2, 0.25) is 0 Å². The Labute approximate surface area is 127 Å². The molecule has 0 aromatic carbocycles. The fourth-order valence-electron chi connectivity index (χ4n) is 2.33. The van der Waals surface area contributed by atoms with Gasteiger partial charge in [0.1, 0.15) is 11.1 Å². The van der Waals surface area contributed by atoms with E-state index in [9.17, 15) is 0 Å². The maximum Gasteiger partial charge on any atom is 0.182 e. The lowest BCUT2D eigenvalue weighted by molar-refractivity contribution is 0.111. The van der Waals surface area contributed by atoms with E-state index in [4.69, 9.17) is 9.72 Å². The molecule has 2 aromatic heterocycles. The van der Waals surface area contributed by atoms with E-state index >= 15 is 0 Å². The average molecular weight is 309 g/mol. The zero-order valence-corrected chi connectivity index (χ0v) is 13.6. The van der Waals surface area contributed by atoms with Crippen molar-refractivity contribution in [3.63, 3.8) is 0 Å². The number of hydrogen-bond acceptors (Lipinski definition) is 6. The Morgan fingerprint density at radius 2 is 2.25 bits per heavy atom. The Kier molecular flexibility index (Phi) is 4.05. The second-order valence-electron chi connectivity index (χ2n) is 5.21. The van der Waals surface area contributed by atoms with E-state index in [2.05, 4.69) is 29.5 Å². The first-order valence-corrected chi connectivity index (χ1v) is 8.64. The van der Waals surface area contributed by atoms with Gasteiger partial charge in [-0.2, -0.15) is 0 Å². The predicted octanol–water partition coefficient (Wildman–Crippen LogP) is 4.28. The van der Waals surface area contributed by atoms with Crippen LogP contribution in [0.2, 0.25) is 0 Å². The summed E-state index contributed by atoms with van der Waals surface area (Å²) in [7, 11) is 1.90. The molecule has 0 spiro atoms. The molecule has 0 amide bonds. The smallest absolute Gasteiger partial charge is 0.182 e. The van der Waals surface area contributed by atoms with Crippen molar-refractivity contribution < 1.29 is 4.74 Å². The van der Waals surface area contributed by atoms with E-state index < -0.39 is 0 Å².